The third kappa shape index (κ3) is 1.78. The zero-order valence-electron chi connectivity index (χ0n) is 12.5. The summed E-state index contributed by atoms with van der Waals surface area (Å²) >= 11 is 6.12. The SMILES string of the molecule is O=C1[C@H]2[C@@H]3C=C[C@H]([C@@H]4C[C@H]34)[C@@H]2C(=O)N1CNc1ccccc1Cl. The average molecular weight is 329 g/mol. The number of anilines is 1. The number of imide groups is 1. The van der Waals surface area contributed by atoms with Gasteiger partial charge in [-0.25, -0.2) is 0 Å². The first-order valence-electron chi connectivity index (χ1n) is 8.19. The molecule has 2 bridgehead atoms. The second-order valence-corrected chi connectivity index (χ2v) is 7.48. The van der Waals surface area contributed by atoms with Gasteiger partial charge in [0.2, 0.25) is 11.8 Å². The third-order valence-electron chi connectivity index (χ3n) is 6.06. The number of carbonyl (C=O) groups is 2. The van der Waals surface area contributed by atoms with Gasteiger partial charge in [-0.05, 0) is 42.2 Å². The fraction of sp³-hybridized carbons (Fsp3) is 0.444. The van der Waals surface area contributed by atoms with E-state index >= 15 is 0 Å². The number of allylic oxidation sites excluding steroid dienone is 2. The maximum atomic E-state index is 12.8. The van der Waals surface area contributed by atoms with E-state index in [0.717, 1.165) is 5.69 Å². The first-order chi connectivity index (χ1) is 11.2. The van der Waals surface area contributed by atoms with Gasteiger partial charge in [-0.2, -0.15) is 0 Å². The summed E-state index contributed by atoms with van der Waals surface area (Å²) in [6.45, 7) is 0.198. The number of benzene rings is 1. The third-order valence-corrected chi connectivity index (χ3v) is 6.39. The average Bonchev–Trinajstić information content (AvgIpc) is 3.33. The van der Waals surface area contributed by atoms with Gasteiger partial charge in [0.1, 0.15) is 0 Å². The molecule has 1 aromatic rings. The van der Waals surface area contributed by atoms with Gasteiger partial charge in [-0.15, -0.1) is 0 Å². The summed E-state index contributed by atoms with van der Waals surface area (Å²) in [5, 5.41) is 3.72. The second kappa shape index (κ2) is 4.60. The van der Waals surface area contributed by atoms with E-state index in [4.69, 9.17) is 11.6 Å². The van der Waals surface area contributed by atoms with Gasteiger partial charge < -0.3 is 5.32 Å². The largest absolute Gasteiger partial charge is 0.366 e. The second-order valence-electron chi connectivity index (χ2n) is 7.07. The van der Waals surface area contributed by atoms with Crippen molar-refractivity contribution in [3.8, 4) is 0 Å². The Morgan fingerprint density at radius 1 is 1.04 bits per heavy atom. The van der Waals surface area contributed by atoms with Crippen LogP contribution in [0.15, 0.2) is 36.4 Å². The maximum absolute atomic E-state index is 12.8. The minimum atomic E-state index is -0.130. The number of nitrogens with one attached hydrogen (secondary N) is 1. The Morgan fingerprint density at radius 2 is 1.65 bits per heavy atom. The Labute approximate surface area is 139 Å². The number of rotatable bonds is 3. The van der Waals surface area contributed by atoms with E-state index in [1.807, 2.05) is 18.2 Å². The molecule has 4 nitrogen and oxygen atoms in total. The van der Waals surface area contributed by atoms with E-state index in [1.165, 1.54) is 11.3 Å². The quantitative estimate of drug-likeness (QED) is 0.685. The van der Waals surface area contributed by atoms with Crippen molar-refractivity contribution in [1.29, 1.82) is 0 Å². The molecular weight excluding hydrogens is 312 g/mol. The van der Waals surface area contributed by atoms with Crippen molar-refractivity contribution in [3.05, 3.63) is 41.4 Å². The van der Waals surface area contributed by atoms with E-state index in [0.29, 0.717) is 16.9 Å². The number of hydrogen-bond acceptors (Lipinski definition) is 3. The van der Waals surface area contributed by atoms with Crippen LogP contribution in [0.5, 0.6) is 0 Å². The van der Waals surface area contributed by atoms with E-state index < -0.39 is 0 Å². The van der Waals surface area contributed by atoms with Gasteiger partial charge in [-0.1, -0.05) is 35.9 Å². The predicted molar refractivity (Wildman–Crippen MR) is 86.5 cm³/mol. The zero-order valence-corrected chi connectivity index (χ0v) is 13.2. The summed E-state index contributed by atoms with van der Waals surface area (Å²) in [6, 6.07) is 7.36. The molecule has 0 radical (unpaired) electrons. The molecule has 5 aliphatic rings. The number of para-hydroxylation sites is 1. The van der Waals surface area contributed by atoms with Crippen LogP contribution < -0.4 is 5.32 Å². The van der Waals surface area contributed by atoms with Gasteiger partial charge in [-0.3, -0.25) is 14.5 Å². The predicted octanol–water partition coefficient (Wildman–Crippen LogP) is 2.76. The Kier molecular flexibility index (Phi) is 2.72. The highest BCUT2D eigenvalue weighted by molar-refractivity contribution is 6.33. The molecule has 0 aromatic heterocycles. The van der Waals surface area contributed by atoms with Crippen LogP contribution in [0.2, 0.25) is 5.02 Å². The minimum absolute atomic E-state index is 0.00995. The van der Waals surface area contributed by atoms with Gasteiger partial charge in [0.05, 0.1) is 29.2 Å². The van der Waals surface area contributed by atoms with Crippen molar-refractivity contribution in [2.24, 2.45) is 35.5 Å². The number of likely N-dealkylation sites (tertiary alicyclic amines) is 1. The molecule has 23 heavy (non-hydrogen) atoms. The molecule has 5 heteroatoms. The van der Waals surface area contributed by atoms with Gasteiger partial charge in [0.25, 0.3) is 0 Å². The highest BCUT2D eigenvalue weighted by atomic mass is 35.5. The molecule has 0 spiro atoms. The molecule has 6 rings (SSSR count). The fourth-order valence-corrected chi connectivity index (χ4v) is 5.15. The van der Waals surface area contributed by atoms with Crippen molar-refractivity contribution in [1.82, 2.24) is 4.90 Å². The molecule has 1 aromatic carbocycles. The van der Waals surface area contributed by atoms with Crippen LogP contribution in [0.1, 0.15) is 6.42 Å². The molecular formula is C18H17ClN2O2. The first-order valence-corrected chi connectivity index (χ1v) is 8.56. The summed E-state index contributed by atoms with van der Waals surface area (Å²) in [7, 11) is 0. The number of carbonyl (C=O) groups excluding carboxylic acids is 2. The topological polar surface area (TPSA) is 49.4 Å². The molecule has 2 amide bonds. The smallest absolute Gasteiger partial charge is 0.235 e. The fourth-order valence-electron chi connectivity index (χ4n) is 4.94. The number of hydrogen-bond donors (Lipinski definition) is 1. The molecule has 1 N–H and O–H groups in total. The van der Waals surface area contributed by atoms with Crippen molar-refractivity contribution < 1.29 is 9.59 Å². The lowest BCUT2D eigenvalue weighted by atomic mass is 9.63. The Hall–Kier alpha value is -1.81. The van der Waals surface area contributed by atoms with Gasteiger partial charge in [0.15, 0.2) is 0 Å². The van der Waals surface area contributed by atoms with Crippen molar-refractivity contribution >= 4 is 29.1 Å². The molecule has 118 valence electrons. The van der Waals surface area contributed by atoms with Crippen LogP contribution in [0.25, 0.3) is 0 Å². The highest BCUT2D eigenvalue weighted by Crippen LogP contribution is 2.65. The van der Waals surface area contributed by atoms with Gasteiger partial charge >= 0.3 is 0 Å². The Bertz CT molecular complexity index is 710. The first kappa shape index (κ1) is 13.6. The Balaban J connectivity index is 1.38. The van der Waals surface area contributed by atoms with Crippen molar-refractivity contribution in [2.75, 3.05) is 12.0 Å². The van der Waals surface area contributed by atoms with E-state index in [1.54, 1.807) is 6.07 Å². The lowest BCUT2D eigenvalue weighted by molar-refractivity contribution is -0.139. The molecule has 0 unspecified atom stereocenters. The molecule has 4 aliphatic carbocycles. The summed E-state index contributed by atoms with van der Waals surface area (Å²) < 4.78 is 0. The standard InChI is InChI=1S/C18H17ClN2O2/c19-13-3-1-2-4-14(13)20-8-21-17(22)15-9-5-6-10(12-7-11(9)12)16(15)18(21)23/h1-6,9-12,15-16,20H,7-8H2/t9-,10-,11-,12+,15+,16+/m1/s1. The number of nitrogens with zero attached hydrogens (tertiary/aromatic N) is 1. The minimum Gasteiger partial charge on any atom is -0.366 e. The van der Waals surface area contributed by atoms with E-state index in [-0.39, 0.29) is 42.2 Å². The van der Waals surface area contributed by atoms with Crippen molar-refractivity contribution in [3.63, 3.8) is 0 Å². The summed E-state index contributed by atoms with van der Waals surface area (Å²) in [5.41, 5.74) is 0.744. The Morgan fingerprint density at radius 3 is 2.26 bits per heavy atom. The lowest BCUT2D eigenvalue weighted by Gasteiger charge is -2.37. The number of halogens is 1. The summed E-state index contributed by atoms with van der Waals surface area (Å²) in [6.07, 6.45) is 5.57. The molecule has 1 heterocycles. The zero-order chi connectivity index (χ0) is 15.7. The molecule has 2 saturated carbocycles. The number of amides is 2. The molecule has 1 saturated heterocycles. The summed E-state index contributed by atoms with van der Waals surface area (Å²) in [5.74, 6) is 1.55. The van der Waals surface area contributed by atoms with Crippen LogP contribution in [-0.2, 0) is 9.59 Å². The van der Waals surface area contributed by atoms with Crippen LogP contribution in [0, 0.1) is 35.5 Å². The van der Waals surface area contributed by atoms with Gasteiger partial charge in [0, 0.05) is 0 Å². The maximum Gasteiger partial charge on any atom is 0.235 e. The van der Waals surface area contributed by atoms with Crippen molar-refractivity contribution in [2.45, 2.75) is 6.42 Å². The van der Waals surface area contributed by atoms with E-state index in [9.17, 15) is 9.59 Å². The van der Waals surface area contributed by atoms with Crippen LogP contribution in [-0.4, -0.2) is 23.4 Å². The van der Waals surface area contributed by atoms with Crippen LogP contribution >= 0.6 is 11.6 Å². The van der Waals surface area contributed by atoms with E-state index in [2.05, 4.69) is 17.5 Å². The monoisotopic (exact) mass is 328 g/mol. The molecule has 1 aliphatic heterocycles. The van der Waals surface area contributed by atoms with Crippen LogP contribution in [0.3, 0.4) is 0 Å². The highest BCUT2D eigenvalue weighted by Gasteiger charge is 2.66. The summed E-state index contributed by atoms with van der Waals surface area (Å²) in [4.78, 5) is 27.0. The molecule has 3 fully saturated rings. The van der Waals surface area contributed by atoms with Crippen LogP contribution in [0.4, 0.5) is 5.69 Å². The lowest BCUT2D eigenvalue weighted by Crippen LogP contribution is -2.40. The normalized spacial score (nSPS) is 39.4. The molecule has 6 atom stereocenters.